The number of aromatic nitrogens is 1. The largest absolute Gasteiger partial charge is 0.378 e. The molecular formula is C15H17NOS. The monoisotopic (exact) mass is 259 g/mol. The Bertz CT molecular complexity index is 511. The van der Waals surface area contributed by atoms with Crippen LogP contribution in [-0.2, 0) is 11.2 Å². The number of ether oxygens (including phenoxy) is 1. The summed E-state index contributed by atoms with van der Waals surface area (Å²) in [7, 11) is 1.82. The summed E-state index contributed by atoms with van der Waals surface area (Å²) in [6, 6.07) is 10.3. The summed E-state index contributed by atoms with van der Waals surface area (Å²) >= 11 is 1.74. The van der Waals surface area contributed by atoms with Crippen molar-refractivity contribution in [2.24, 2.45) is 0 Å². The van der Waals surface area contributed by atoms with Crippen molar-refractivity contribution in [3.8, 4) is 11.3 Å². The van der Waals surface area contributed by atoms with Crippen LogP contribution in [0.2, 0.25) is 0 Å². The summed E-state index contributed by atoms with van der Waals surface area (Å²) < 4.78 is 5.66. The second kappa shape index (κ2) is 4.82. The van der Waals surface area contributed by atoms with Gasteiger partial charge in [-0.1, -0.05) is 30.3 Å². The molecule has 94 valence electrons. The van der Waals surface area contributed by atoms with Crippen LogP contribution < -0.4 is 0 Å². The molecule has 2 aromatic rings. The van der Waals surface area contributed by atoms with Gasteiger partial charge in [0.05, 0.1) is 16.3 Å². The Morgan fingerprint density at radius 3 is 2.67 bits per heavy atom. The summed E-state index contributed by atoms with van der Waals surface area (Å²) in [4.78, 5) is 4.73. The van der Waals surface area contributed by atoms with Gasteiger partial charge in [0, 0.05) is 24.5 Å². The highest BCUT2D eigenvalue weighted by molar-refractivity contribution is 7.09. The van der Waals surface area contributed by atoms with Crippen LogP contribution in [0.1, 0.15) is 24.3 Å². The molecule has 1 aromatic heterocycles. The number of hydrogen-bond donors (Lipinski definition) is 0. The van der Waals surface area contributed by atoms with Gasteiger partial charge in [0.25, 0.3) is 0 Å². The predicted molar refractivity (Wildman–Crippen MR) is 74.8 cm³/mol. The van der Waals surface area contributed by atoms with Crippen molar-refractivity contribution in [1.29, 1.82) is 0 Å². The van der Waals surface area contributed by atoms with Crippen molar-refractivity contribution >= 4 is 11.3 Å². The molecule has 3 rings (SSSR count). The zero-order valence-electron chi connectivity index (χ0n) is 10.6. The highest BCUT2D eigenvalue weighted by atomic mass is 32.1. The van der Waals surface area contributed by atoms with Gasteiger partial charge in [0.2, 0.25) is 0 Å². The molecule has 1 fully saturated rings. The minimum atomic E-state index is 0.0752. The Morgan fingerprint density at radius 1 is 1.28 bits per heavy atom. The third-order valence-corrected chi connectivity index (χ3v) is 4.64. The molecule has 0 unspecified atom stereocenters. The molecule has 1 heterocycles. The third-order valence-electron chi connectivity index (χ3n) is 3.79. The first-order valence-electron chi connectivity index (χ1n) is 6.36. The first-order valence-corrected chi connectivity index (χ1v) is 7.24. The van der Waals surface area contributed by atoms with E-state index in [1.165, 1.54) is 29.8 Å². The van der Waals surface area contributed by atoms with Crippen molar-refractivity contribution in [2.45, 2.75) is 31.3 Å². The topological polar surface area (TPSA) is 22.1 Å². The van der Waals surface area contributed by atoms with Crippen LogP contribution in [0.25, 0.3) is 11.3 Å². The predicted octanol–water partition coefficient (Wildman–Crippen LogP) is 3.92. The molecule has 0 amide bonds. The van der Waals surface area contributed by atoms with E-state index in [4.69, 9.17) is 9.72 Å². The number of rotatable bonds is 4. The van der Waals surface area contributed by atoms with Crippen LogP contribution >= 0.6 is 11.3 Å². The maximum absolute atomic E-state index is 5.66. The molecule has 3 heteroatoms. The second-order valence-electron chi connectivity index (χ2n) is 4.91. The third kappa shape index (κ3) is 2.20. The number of thiazole rings is 1. The van der Waals surface area contributed by atoms with Crippen LogP contribution in [-0.4, -0.2) is 17.7 Å². The quantitative estimate of drug-likeness (QED) is 0.830. The van der Waals surface area contributed by atoms with Gasteiger partial charge in [-0.2, -0.15) is 0 Å². The van der Waals surface area contributed by atoms with Crippen molar-refractivity contribution in [1.82, 2.24) is 4.98 Å². The highest BCUT2D eigenvalue weighted by Gasteiger charge is 2.37. The standard InChI is InChI=1S/C15H17NOS/c1-17-15(8-5-9-15)10-14-16-13(11-18-14)12-6-3-2-4-7-12/h2-4,6-7,11H,5,8-10H2,1H3. The lowest BCUT2D eigenvalue weighted by molar-refractivity contribution is -0.0708. The van der Waals surface area contributed by atoms with Gasteiger partial charge in [0.15, 0.2) is 0 Å². The smallest absolute Gasteiger partial charge is 0.0961 e. The molecule has 2 nitrogen and oxygen atoms in total. The maximum atomic E-state index is 5.66. The molecule has 1 aromatic carbocycles. The fourth-order valence-corrected chi connectivity index (χ4v) is 3.37. The van der Waals surface area contributed by atoms with Crippen LogP contribution in [0.4, 0.5) is 0 Å². The molecular weight excluding hydrogens is 242 g/mol. The molecule has 0 atom stereocenters. The van der Waals surface area contributed by atoms with Crippen molar-refractivity contribution in [3.63, 3.8) is 0 Å². The van der Waals surface area contributed by atoms with E-state index < -0.39 is 0 Å². The molecule has 0 bridgehead atoms. The zero-order valence-corrected chi connectivity index (χ0v) is 11.4. The average molecular weight is 259 g/mol. The first-order chi connectivity index (χ1) is 8.81. The molecule has 0 spiro atoms. The fraction of sp³-hybridized carbons (Fsp3) is 0.400. The maximum Gasteiger partial charge on any atom is 0.0961 e. The Hall–Kier alpha value is -1.19. The normalized spacial score (nSPS) is 17.4. The SMILES string of the molecule is COC1(Cc2nc(-c3ccccc3)cs2)CCC1. The molecule has 1 saturated carbocycles. The lowest BCUT2D eigenvalue weighted by Crippen LogP contribution is -2.41. The van der Waals surface area contributed by atoms with Gasteiger partial charge in [-0.25, -0.2) is 4.98 Å². The molecule has 0 N–H and O–H groups in total. The van der Waals surface area contributed by atoms with Gasteiger partial charge < -0.3 is 4.74 Å². The van der Waals surface area contributed by atoms with E-state index in [1.54, 1.807) is 11.3 Å². The summed E-state index contributed by atoms with van der Waals surface area (Å²) in [5.74, 6) is 0. The highest BCUT2D eigenvalue weighted by Crippen LogP contribution is 2.38. The fourth-order valence-electron chi connectivity index (χ4n) is 2.43. The zero-order chi connectivity index (χ0) is 12.4. The van der Waals surface area contributed by atoms with Crippen LogP contribution in [0, 0.1) is 0 Å². The van der Waals surface area contributed by atoms with E-state index in [0.717, 1.165) is 12.1 Å². The van der Waals surface area contributed by atoms with Gasteiger partial charge in [-0.05, 0) is 19.3 Å². The minimum Gasteiger partial charge on any atom is -0.378 e. The second-order valence-corrected chi connectivity index (χ2v) is 5.85. The molecule has 0 saturated heterocycles. The summed E-state index contributed by atoms with van der Waals surface area (Å²) in [6.07, 6.45) is 4.58. The van der Waals surface area contributed by atoms with Gasteiger partial charge in [-0.3, -0.25) is 0 Å². The Kier molecular flexibility index (Phi) is 3.18. The minimum absolute atomic E-state index is 0.0752. The van der Waals surface area contributed by atoms with E-state index in [-0.39, 0.29) is 5.60 Å². The van der Waals surface area contributed by atoms with E-state index in [1.807, 2.05) is 13.2 Å². The van der Waals surface area contributed by atoms with Gasteiger partial charge in [-0.15, -0.1) is 11.3 Å². The number of benzene rings is 1. The summed E-state index contributed by atoms with van der Waals surface area (Å²) in [5, 5.41) is 3.34. The van der Waals surface area contributed by atoms with Crippen molar-refractivity contribution in [2.75, 3.05) is 7.11 Å². The van der Waals surface area contributed by atoms with Gasteiger partial charge >= 0.3 is 0 Å². The molecule has 1 aliphatic carbocycles. The molecule has 1 aliphatic rings. The van der Waals surface area contributed by atoms with E-state index in [2.05, 4.69) is 29.6 Å². The Labute approximate surface area is 112 Å². The number of methoxy groups -OCH3 is 1. The van der Waals surface area contributed by atoms with E-state index in [0.29, 0.717) is 0 Å². The summed E-state index contributed by atoms with van der Waals surface area (Å²) in [5.41, 5.74) is 2.35. The van der Waals surface area contributed by atoms with Crippen molar-refractivity contribution in [3.05, 3.63) is 40.7 Å². The Morgan fingerprint density at radius 2 is 2.06 bits per heavy atom. The Balaban J connectivity index is 1.78. The summed E-state index contributed by atoms with van der Waals surface area (Å²) in [6.45, 7) is 0. The van der Waals surface area contributed by atoms with Crippen LogP contribution in [0.15, 0.2) is 35.7 Å². The van der Waals surface area contributed by atoms with E-state index in [9.17, 15) is 0 Å². The lowest BCUT2D eigenvalue weighted by atomic mass is 9.78. The molecule has 18 heavy (non-hydrogen) atoms. The van der Waals surface area contributed by atoms with Gasteiger partial charge in [0.1, 0.15) is 0 Å². The lowest BCUT2D eigenvalue weighted by Gasteiger charge is -2.39. The number of nitrogens with zero attached hydrogens (tertiary/aromatic N) is 1. The first kappa shape index (κ1) is 11.9. The molecule has 0 aliphatic heterocycles. The van der Waals surface area contributed by atoms with Crippen molar-refractivity contribution < 1.29 is 4.74 Å². The van der Waals surface area contributed by atoms with Crippen LogP contribution in [0.5, 0.6) is 0 Å². The van der Waals surface area contributed by atoms with Crippen LogP contribution in [0.3, 0.4) is 0 Å². The average Bonchev–Trinajstić information content (AvgIpc) is 2.83. The van der Waals surface area contributed by atoms with E-state index >= 15 is 0 Å². The molecule has 0 radical (unpaired) electrons. The number of hydrogen-bond acceptors (Lipinski definition) is 3.